The predicted molar refractivity (Wildman–Crippen MR) is 136 cm³/mol. The molecule has 1 aromatic carbocycles. The van der Waals surface area contributed by atoms with Crippen molar-refractivity contribution in [3.05, 3.63) is 35.4 Å². The summed E-state index contributed by atoms with van der Waals surface area (Å²) in [5.74, 6) is 1.68. The molecule has 1 aliphatic heterocycles. The van der Waals surface area contributed by atoms with Gasteiger partial charge in [0.2, 0.25) is 0 Å². The fourth-order valence-electron chi connectivity index (χ4n) is 3.58. The highest BCUT2D eigenvalue weighted by Crippen LogP contribution is 2.18. The van der Waals surface area contributed by atoms with Gasteiger partial charge in [-0.25, -0.2) is 4.99 Å². The van der Waals surface area contributed by atoms with Gasteiger partial charge in [-0.1, -0.05) is 31.2 Å². The molecular weight excluding hydrogens is 491 g/mol. The van der Waals surface area contributed by atoms with Crippen LogP contribution in [0.15, 0.2) is 29.3 Å². The van der Waals surface area contributed by atoms with Gasteiger partial charge < -0.3 is 20.1 Å². The smallest absolute Gasteiger partial charge is 0.191 e. The molecule has 6 nitrogen and oxygen atoms in total. The first kappa shape index (κ1) is 27.1. The van der Waals surface area contributed by atoms with Gasteiger partial charge in [-0.2, -0.15) is 0 Å². The zero-order valence-corrected chi connectivity index (χ0v) is 21.3. The number of hydrogen-bond acceptors (Lipinski definition) is 4. The summed E-state index contributed by atoms with van der Waals surface area (Å²) in [6.07, 6.45) is 3.64. The molecule has 0 aliphatic carbocycles. The number of rotatable bonds is 12. The molecule has 1 saturated heterocycles. The maximum atomic E-state index is 5.49. The first-order chi connectivity index (χ1) is 14.2. The largest absolute Gasteiger partial charge is 0.382 e. The number of methoxy groups -OCH3 is 1. The maximum absolute atomic E-state index is 5.49. The van der Waals surface area contributed by atoms with Gasteiger partial charge in [-0.05, 0) is 49.8 Å². The van der Waals surface area contributed by atoms with Gasteiger partial charge in [-0.3, -0.25) is 4.90 Å². The van der Waals surface area contributed by atoms with E-state index in [-0.39, 0.29) is 24.0 Å². The van der Waals surface area contributed by atoms with E-state index < -0.39 is 0 Å². The van der Waals surface area contributed by atoms with E-state index in [0.717, 1.165) is 44.5 Å². The van der Waals surface area contributed by atoms with E-state index in [1.807, 2.05) is 0 Å². The second-order valence-electron chi connectivity index (χ2n) is 7.88. The molecule has 0 amide bonds. The number of piperidine rings is 1. The molecule has 172 valence electrons. The Morgan fingerprint density at radius 1 is 1.13 bits per heavy atom. The highest BCUT2D eigenvalue weighted by atomic mass is 127. The van der Waals surface area contributed by atoms with E-state index in [4.69, 9.17) is 14.5 Å². The van der Waals surface area contributed by atoms with Gasteiger partial charge >= 0.3 is 0 Å². The Morgan fingerprint density at radius 2 is 1.90 bits per heavy atom. The van der Waals surface area contributed by atoms with Crippen molar-refractivity contribution >= 4 is 29.9 Å². The molecule has 30 heavy (non-hydrogen) atoms. The third kappa shape index (κ3) is 11.5. The number of likely N-dealkylation sites (tertiary alicyclic amines) is 1. The van der Waals surface area contributed by atoms with Crippen LogP contribution in [0.4, 0.5) is 0 Å². The quantitative estimate of drug-likeness (QED) is 0.186. The topological polar surface area (TPSA) is 58.1 Å². The summed E-state index contributed by atoms with van der Waals surface area (Å²) in [6, 6.07) is 8.92. The van der Waals surface area contributed by atoms with Crippen molar-refractivity contribution in [3.63, 3.8) is 0 Å². The summed E-state index contributed by atoms with van der Waals surface area (Å²) < 4.78 is 10.5. The second kappa shape index (κ2) is 16.8. The SMILES string of the molecule is CCNC(=NCc1ccc(CN2CCCC(C)C2)cc1)NCCCOCCOC.I. The molecule has 1 heterocycles. The zero-order valence-electron chi connectivity index (χ0n) is 19.0. The lowest BCUT2D eigenvalue weighted by Gasteiger charge is -2.30. The summed E-state index contributed by atoms with van der Waals surface area (Å²) in [5, 5.41) is 6.68. The number of halogens is 1. The number of benzene rings is 1. The fourth-order valence-corrected chi connectivity index (χ4v) is 3.58. The number of nitrogens with one attached hydrogen (secondary N) is 2. The second-order valence-corrected chi connectivity index (χ2v) is 7.88. The molecule has 0 bridgehead atoms. The molecule has 0 spiro atoms. The average molecular weight is 533 g/mol. The van der Waals surface area contributed by atoms with Crippen LogP contribution in [0.3, 0.4) is 0 Å². The number of hydrogen-bond donors (Lipinski definition) is 2. The summed E-state index contributed by atoms with van der Waals surface area (Å²) >= 11 is 0. The van der Waals surface area contributed by atoms with Crippen LogP contribution in [-0.2, 0) is 22.6 Å². The van der Waals surface area contributed by atoms with E-state index in [1.165, 1.54) is 37.1 Å². The Bertz CT molecular complexity index is 583. The summed E-state index contributed by atoms with van der Waals surface area (Å²) in [5.41, 5.74) is 2.63. The maximum Gasteiger partial charge on any atom is 0.191 e. The lowest BCUT2D eigenvalue weighted by molar-refractivity contribution is 0.0698. The number of guanidine groups is 1. The molecule has 0 radical (unpaired) electrons. The predicted octanol–water partition coefficient (Wildman–Crippen LogP) is 3.64. The Hall–Kier alpha value is -0.900. The Morgan fingerprint density at radius 3 is 2.60 bits per heavy atom. The minimum Gasteiger partial charge on any atom is -0.382 e. The van der Waals surface area contributed by atoms with Crippen LogP contribution in [0.2, 0.25) is 0 Å². The number of nitrogens with zero attached hydrogens (tertiary/aromatic N) is 2. The Kier molecular flexibility index (Phi) is 15.2. The van der Waals surface area contributed by atoms with Crippen molar-refractivity contribution in [2.45, 2.75) is 46.2 Å². The van der Waals surface area contributed by atoms with E-state index in [1.54, 1.807) is 7.11 Å². The summed E-state index contributed by atoms with van der Waals surface area (Å²) in [4.78, 5) is 7.29. The molecule has 1 aliphatic rings. The first-order valence-electron chi connectivity index (χ1n) is 11.1. The van der Waals surface area contributed by atoms with Crippen molar-refractivity contribution in [1.29, 1.82) is 0 Å². The van der Waals surface area contributed by atoms with Crippen molar-refractivity contribution in [3.8, 4) is 0 Å². The molecule has 1 atom stereocenters. The minimum absolute atomic E-state index is 0. The van der Waals surface area contributed by atoms with Crippen LogP contribution in [0, 0.1) is 5.92 Å². The molecular formula is C23H41IN4O2. The van der Waals surface area contributed by atoms with Crippen molar-refractivity contribution < 1.29 is 9.47 Å². The summed E-state index contributed by atoms with van der Waals surface area (Å²) in [7, 11) is 1.69. The highest BCUT2D eigenvalue weighted by Gasteiger charge is 2.16. The van der Waals surface area contributed by atoms with Gasteiger partial charge in [0, 0.05) is 39.9 Å². The van der Waals surface area contributed by atoms with Crippen LogP contribution in [0.1, 0.15) is 44.2 Å². The van der Waals surface area contributed by atoms with Gasteiger partial charge in [-0.15, -0.1) is 24.0 Å². The van der Waals surface area contributed by atoms with Crippen molar-refractivity contribution in [2.75, 3.05) is 53.1 Å². The van der Waals surface area contributed by atoms with Crippen LogP contribution in [0.25, 0.3) is 0 Å². The minimum atomic E-state index is 0. The summed E-state index contributed by atoms with van der Waals surface area (Å²) in [6.45, 7) is 12.4. The lowest BCUT2D eigenvalue weighted by atomic mass is 9.99. The monoisotopic (exact) mass is 532 g/mol. The average Bonchev–Trinajstić information content (AvgIpc) is 2.72. The molecule has 1 aromatic rings. The molecule has 0 aromatic heterocycles. The Labute approximate surface area is 200 Å². The highest BCUT2D eigenvalue weighted by molar-refractivity contribution is 14.0. The van der Waals surface area contributed by atoms with Gasteiger partial charge in [0.1, 0.15) is 0 Å². The zero-order chi connectivity index (χ0) is 20.7. The van der Waals surface area contributed by atoms with E-state index in [2.05, 4.69) is 53.6 Å². The van der Waals surface area contributed by atoms with Crippen molar-refractivity contribution in [1.82, 2.24) is 15.5 Å². The number of aliphatic imine (C=N–C) groups is 1. The third-order valence-electron chi connectivity index (χ3n) is 5.12. The van der Waals surface area contributed by atoms with Gasteiger partial charge in [0.15, 0.2) is 5.96 Å². The fraction of sp³-hybridized carbons (Fsp3) is 0.696. The molecule has 1 unspecified atom stereocenters. The van der Waals surface area contributed by atoms with Crippen molar-refractivity contribution in [2.24, 2.45) is 10.9 Å². The van der Waals surface area contributed by atoms with E-state index in [9.17, 15) is 0 Å². The number of ether oxygens (including phenoxy) is 2. The molecule has 1 fully saturated rings. The van der Waals surface area contributed by atoms with Gasteiger partial charge in [0.05, 0.1) is 19.8 Å². The molecule has 7 heteroatoms. The first-order valence-corrected chi connectivity index (χ1v) is 11.1. The lowest BCUT2D eigenvalue weighted by Crippen LogP contribution is -2.38. The van der Waals surface area contributed by atoms with Crippen LogP contribution in [0.5, 0.6) is 0 Å². The normalized spacial score (nSPS) is 17.4. The molecule has 2 N–H and O–H groups in total. The van der Waals surface area contributed by atoms with Crippen LogP contribution >= 0.6 is 24.0 Å². The van der Waals surface area contributed by atoms with E-state index in [0.29, 0.717) is 19.8 Å². The van der Waals surface area contributed by atoms with Gasteiger partial charge in [0.25, 0.3) is 0 Å². The molecule has 2 rings (SSSR count). The van der Waals surface area contributed by atoms with Crippen LogP contribution in [-0.4, -0.2) is 64.0 Å². The third-order valence-corrected chi connectivity index (χ3v) is 5.12. The standard InChI is InChI=1S/C23H40N4O2.HI/c1-4-24-23(25-12-6-14-29-16-15-28-3)26-17-21-8-10-22(11-9-21)19-27-13-5-7-20(2)18-27;/h8-11,20H,4-7,12-19H2,1-3H3,(H2,24,25,26);1H. The van der Waals surface area contributed by atoms with E-state index >= 15 is 0 Å². The Balaban J connectivity index is 0.00000450. The van der Waals surface area contributed by atoms with Crippen LogP contribution < -0.4 is 10.6 Å². The molecule has 0 saturated carbocycles.